The number of nitrogens with one attached hydrogen (secondary N) is 1. The van der Waals surface area contributed by atoms with Crippen LogP contribution < -0.4 is 10.1 Å². The van der Waals surface area contributed by atoms with Crippen LogP contribution in [0.5, 0.6) is 5.75 Å². The van der Waals surface area contributed by atoms with Gasteiger partial charge in [-0.3, -0.25) is 4.79 Å². The van der Waals surface area contributed by atoms with E-state index in [1.54, 1.807) is 25.3 Å². The number of halogens is 2. The number of likely N-dealkylation sites (N-methyl/N-ethyl adjacent to an activating group) is 1. The summed E-state index contributed by atoms with van der Waals surface area (Å²) < 4.78 is 6.00. The summed E-state index contributed by atoms with van der Waals surface area (Å²) in [6.45, 7) is 0.473. The fraction of sp³-hybridized carbons (Fsp3) is 0.278. The van der Waals surface area contributed by atoms with Gasteiger partial charge in [0.05, 0.1) is 23.7 Å². The van der Waals surface area contributed by atoms with Crippen LogP contribution >= 0.6 is 27.5 Å². The second kappa shape index (κ2) is 8.51. The highest BCUT2D eigenvalue weighted by Crippen LogP contribution is 2.23. The third kappa shape index (κ3) is 4.72. The summed E-state index contributed by atoms with van der Waals surface area (Å²) in [5, 5.41) is 3.39. The maximum Gasteiger partial charge on any atom is 0.252 e. The highest BCUT2D eigenvalue weighted by Gasteiger charge is 2.17. The monoisotopic (exact) mass is 410 g/mol. The van der Waals surface area contributed by atoms with Gasteiger partial charge in [-0.05, 0) is 50.0 Å². The summed E-state index contributed by atoms with van der Waals surface area (Å²) >= 11 is 9.47. The van der Waals surface area contributed by atoms with Crippen LogP contribution in [0.1, 0.15) is 22.0 Å². The molecule has 2 aromatic rings. The quantitative estimate of drug-likeness (QED) is 0.776. The number of hydrogen-bond donors (Lipinski definition) is 1. The Morgan fingerprint density at radius 3 is 2.50 bits per heavy atom. The van der Waals surface area contributed by atoms with Crippen molar-refractivity contribution in [2.45, 2.75) is 6.04 Å². The molecular weight excluding hydrogens is 392 g/mol. The number of carbonyl (C=O) groups excluding carboxylic acids is 1. The normalized spacial score (nSPS) is 12.1. The molecule has 0 bridgehead atoms. The third-order valence-corrected chi connectivity index (χ3v) is 4.58. The lowest BCUT2D eigenvalue weighted by atomic mass is 10.1. The van der Waals surface area contributed by atoms with E-state index in [2.05, 4.69) is 26.1 Å². The van der Waals surface area contributed by atoms with Gasteiger partial charge in [-0.15, -0.1) is 0 Å². The van der Waals surface area contributed by atoms with Crippen LogP contribution in [0.3, 0.4) is 0 Å². The summed E-state index contributed by atoms with van der Waals surface area (Å²) in [4.78, 5) is 14.5. The van der Waals surface area contributed by atoms with E-state index in [0.717, 1.165) is 15.8 Å². The van der Waals surface area contributed by atoms with Crippen LogP contribution in [0.15, 0.2) is 46.9 Å². The number of benzene rings is 2. The lowest BCUT2D eigenvalue weighted by Gasteiger charge is -2.25. The number of methoxy groups -OCH3 is 1. The number of nitrogens with zero attached hydrogens (tertiary/aromatic N) is 1. The van der Waals surface area contributed by atoms with Crippen molar-refractivity contribution in [1.82, 2.24) is 10.2 Å². The van der Waals surface area contributed by atoms with Crippen molar-refractivity contribution in [2.24, 2.45) is 0 Å². The van der Waals surface area contributed by atoms with Crippen molar-refractivity contribution in [1.29, 1.82) is 0 Å². The van der Waals surface area contributed by atoms with E-state index in [4.69, 9.17) is 16.3 Å². The minimum Gasteiger partial charge on any atom is -0.497 e. The molecule has 1 N–H and O–H groups in total. The zero-order valence-corrected chi connectivity index (χ0v) is 16.2. The fourth-order valence-corrected chi connectivity index (χ4v) is 2.95. The van der Waals surface area contributed by atoms with Gasteiger partial charge in [0, 0.05) is 11.0 Å². The Morgan fingerprint density at radius 1 is 1.25 bits per heavy atom. The average molecular weight is 412 g/mol. The average Bonchev–Trinajstić information content (AvgIpc) is 2.57. The first kappa shape index (κ1) is 18.8. The molecule has 0 aliphatic heterocycles. The molecule has 0 aromatic heterocycles. The van der Waals surface area contributed by atoms with Crippen LogP contribution in [-0.4, -0.2) is 38.6 Å². The zero-order chi connectivity index (χ0) is 17.7. The summed E-state index contributed by atoms with van der Waals surface area (Å²) in [7, 11) is 5.60. The Bertz CT molecular complexity index is 705. The highest BCUT2D eigenvalue weighted by molar-refractivity contribution is 9.10. The second-order valence-electron chi connectivity index (χ2n) is 5.59. The van der Waals surface area contributed by atoms with Crippen molar-refractivity contribution < 1.29 is 9.53 Å². The minimum absolute atomic E-state index is 0.0470. The van der Waals surface area contributed by atoms with Gasteiger partial charge in [-0.1, -0.05) is 39.7 Å². The Labute approximate surface area is 155 Å². The van der Waals surface area contributed by atoms with Gasteiger partial charge in [0.25, 0.3) is 5.91 Å². The predicted molar refractivity (Wildman–Crippen MR) is 101 cm³/mol. The van der Waals surface area contributed by atoms with Crippen molar-refractivity contribution in [3.63, 3.8) is 0 Å². The maximum absolute atomic E-state index is 12.4. The van der Waals surface area contributed by atoms with Crippen LogP contribution in [0.4, 0.5) is 0 Å². The molecule has 0 fully saturated rings. The molecule has 1 amide bonds. The van der Waals surface area contributed by atoms with E-state index in [0.29, 0.717) is 17.1 Å². The van der Waals surface area contributed by atoms with Crippen LogP contribution in [0.2, 0.25) is 5.02 Å². The minimum atomic E-state index is -0.193. The van der Waals surface area contributed by atoms with Gasteiger partial charge < -0.3 is 15.0 Å². The number of amides is 1. The summed E-state index contributed by atoms with van der Waals surface area (Å²) in [6, 6.07) is 13.1. The summed E-state index contributed by atoms with van der Waals surface area (Å²) in [5.41, 5.74) is 1.56. The summed E-state index contributed by atoms with van der Waals surface area (Å²) in [5.74, 6) is 0.614. The molecular formula is C18H20BrClN2O2. The van der Waals surface area contributed by atoms with E-state index in [1.807, 2.05) is 38.4 Å². The molecule has 0 saturated carbocycles. The highest BCUT2D eigenvalue weighted by atomic mass is 79.9. The third-order valence-electron chi connectivity index (χ3n) is 3.75. The summed E-state index contributed by atoms with van der Waals surface area (Å²) in [6.07, 6.45) is 0. The lowest BCUT2D eigenvalue weighted by molar-refractivity contribution is 0.0942. The van der Waals surface area contributed by atoms with E-state index >= 15 is 0 Å². The van der Waals surface area contributed by atoms with Crippen LogP contribution in [0.25, 0.3) is 0 Å². The molecule has 0 heterocycles. The number of hydrogen-bond acceptors (Lipinski definition) is 3. The molecule has 0 aliphatic rings. The standard InChI is InChI=1S/C18H20BrClN2O2/c1-22(2)17(12-4-7-14(24-3)8-5-12)11-21-18(23)15-10-13(19)6-9-16(15)20/h4-10,17H,11H2,1-3H3,(H,21,23). The van der Waals surface area contributed by atoms with Crippen LogP contribution in [0, 0.1) is 0 Å². The predicted octanol–water partition coefficient (Wildman–Crippen LogP) is 4.14. The Kier molecular flexibility index (Phi) is 6.66. The van der Waals surface area contributed by atoms with Gasteiger partial charge >= 0.3 is 0 Å². The lowest BCUT2D eigenvalue weighted by Crippen LogP contribution is -2.34. The van der Waals surface area contributed by atoms with Gasteiger partial charge in [0.2, 0.25) is 0 Å². The largest absolute Gasteiger partial charge is 0.497 e. The van der Waals surface area contributed by atoms with Crippen molar-refractivity contribution in [3.8, 4) is 5.75 Å². The molecule has 0 aliphatic carbocycles. The van der Waals surface area contributed by atoms with Gasteiger partial charge in [0.1, 0.15) is 5.75 Å². The van der Waals surface area contributed by atoms with E-state index in [9.17, 15) is 4.79 Å². The topological polar surface area (TPSA) is 41.6 Å². The van der Waals surface area contributed by atoms with Crippen LogP contribution in [-0.2, 0) is 0 Å². The maximum atomic E-state index is 12.4. The van der Waals surface area contributed by atoms with Gasteiger partial charge in [-0.2, -0.15) is 0 Å². The first-order valence-corrected chi connectivity index (χ1v) is 8.63. The Morgan fingerprint density at radius 2 is 1.92 bits per heavy atom. The molecule has 1 unspecified atom stereocenters. The van der Waals surface area contributed by atoms with Crippen molar-refractivity contribution in [3.05, 3.63) is 63.1 Å². The van der Waals surface area contributed by atoms with E-state index in [1.165, 1.54) is 0 Å². The Hall–Kier alpha value is -1.56. The molecule has 0 saturated heterocycles. The molecule has 128 valence electrons. The first-order chi connectivity index (χ1) is 11.4. The number of ether oxygens (including phenoxy) is 1. The fourth-order valence-electron chi connectivity index (χ4n) is 2.38. The molecule has 2 rings (SSSR count). The molecule has 24 heavy (non-hydrogen) atoms. The molecule has 2 aromatic carbocycles. The van der Waals surface area contributed by atoms with E-state index in [-0.39, 0.29) is 11.9 Å². The molecule has 6 heteroatoms. The molecule has 0 radical (unpaired) electrons. The second-order valence-corrected chi connectivity index (χ2v) is 6.91. The zero-order valence-electron chi connectivity index (χ0n) is 13.8. The Balaban J connectivity index is 2.10. The molecule has 4 nitrogen and oxygen atoms in total. The SMILES string of the molecule is COc1ccc(C(CNC(=O)c2cc(Br)ccc2Cl)N(C)C)cc1. The van der Waals surface area contributed by atoms with Crippen molar-refractivity contribution in [2.75, 3.05) is 27.7 Å². The van der Waals surface area contributed by atoms with Gasteiger partial charge in [0.15, 0.2) is 0 Å². The molecule has 0 spiro atoms. The van der Waals surface area contributed by atoms with E-state index < -0.39 is 0 Å². The van der Waals surface area contributed by atoms with Crippen molar-refractivity contribution >= 4 is 33.4 Å². The smallest absolute Gasteiger partial charge is 0.252 e. The van der Waals surface area contributed by atoms with Gasteiger partial charge in [-0.25, -0.2) is 0 Å². The number of carbonyl (C=O) groups is 1. The molecule has 1 atom stereocenters. The first-order valence-electron chi connectivity index (χ1n) is 7.46. The number of rotatable bonds is 6.